The van der Waals surface area contributed by atoms with Gasteiger partial charge in [0.15, 0.2) is 11.5 Å². The monoisotopic (exact) mass is 428 g/mol. The fourth-order valence-electron chi connectivity index (χ4n) is 3.71. The number of hydrogen-bond acceptors (Lipinski definition) is 7. The van der Waals surface area contributed by atoms with Crippen molar-refractivity contribution in [2.75, 3.05) is 5.32 Å². The maximum absolute atomic E-state index is 4.64. The predicted molar refractivity (Wildman–Crippen MR) is 121 cm³/mol. The van der Waals surface area contributed by atoms with Gasteiger partial charge in [0, 0.05) is 43.9 Å². The molecule has 0 spiro atoms. The highest BCUT2D eigenvalue weighted by atomic mass is 15.3. The lowest BCUT2D eigenvalue weighted by Gasteiger charge is -2.08. The maximum Gasteiger partial charge on any atom is 0.227 e. The minimum absolute atomic E-state index is 0.506. The van der Waals surface area contributed by atoms with E-state index in [1.54, 1.807) is 17.1 Å². The van der Waals surface area contributed by atoms with Crippen molar-refractivity contribution in [3.05, 3.63) is 54.9 Å². The van der Waals surface area contributed by atoms with E-state index in [2.05, 4.69) is 49.5 Å². The Balaban J connectivity index is 1.48. The minimum atomic E-state index is 0.506. The van der Waals surface area contributed by atoms with Crippen molar-refractivity contribution >= 4 is 17.3 Å². The SMILES string of the molecule is CC(C)Cc1c(-c2nnc3cc(-c4ccnc(Nc5cnn(C)c5)n4)ccn23)cnn1C. The largest absolute Gasteiger partial charge is 0.321 e. The highest BCUT2D eigenvalue weighted by molar-refractivity contribution is 5.68. The molecule has 5 rings (SSSR count). The van der Waals surface area contributed by atoms with Gasteiger partial charge in [-0.3, -0.25) is 13.8 Å². The molecule has 0 aliphatic carbocycles. The minimum Gasteiger partial charge on any atom is -0.321 e. The van der Waals surface area contributed by atoms with Crippen LogP contribution in [0.5, 0.6) is 0 Å². The van der Waals surface area contributed by atoms with Gasteiger partial charge in [0.2, 0.25) is 5.95 Å². The number of fused-ring (bicyclic) bond motifs is 1. The molecule has 5 heterocycles. The third kappa shape index (κ3) is 3.70. The molecule has 5 aromatic rings. The third-order valence-electron chi connectivity index (χ3n) is 5.23. The Bertz CT molecular complexity index is 1390. The first-order valence-corrected chi connectivity index (χ1v) is 10.4. The van der Waals surface area contributed by atoms with E-state index in [4.69, 9.17) is 0 Å². The van der Waals surface area contributed by atoms with Crippen LogP contribution in [0.1, 0.15) is 19.5 Å². The summed E-state index contributed by atoms with van der Waals surface area (Å²) in [5.41, 5.74) is 5.46. The van der Waals surface area contributed by atoms with Gasteiger partial charge in [-0.2, -0.15) is 10.2 Å². The van der Waals surface area contributed by atoms with E-state index in [0.29, 0.717) is 11.9 Å². The van der Waals surface area contributed by atoms with E-state index in [0.717, 1.165) is 46.1 Å². The summed E-state index contributed by atoms with van der Waals surface area (Å²) in [6.45, 7) is 4.40. The van der Waals surface area contributed by atoms with Crippen LogP contribution in [0.25, 0.3) is 28.3 Å². The smallest absolute Gasteiger partial charge is 0.227 e. The molecule has 0 atom stereocenters. The zero-order valence-corrected chi connectivity index (χ0v) is 18.4. The van der Waals surface area contributed by atoms with Crippen molar-refractivity contribution in [2.24, 2.45) is 20.0 Å². The van der Waals surface area contributed by atoms with E-state index in [-0.39, 0.29) is 0 Å². The quantitative estimate of drug-likeness (QED) is 0.443. The van der Waals surface area contributed by atoms with Crippen LogP contribution in [-0.2, 0) is 20.5 Å². The van der Waals surface area contributed by atoms with Crippen LogP contribution in [0.2, 0.25) is 0 Å². The van der Waals surface area contributed by atoms with Crippen LogP contribution in [0, 0.1) is 5.92 Å². The van der Waals surface area contributed by atoms with Crippen molar-refractivity contribution in [3.63, 3.8) is 0 Å². The Labute approximate surface area is 185 Å². The van der Waals surface area contributed by atoms with E-state index in [1.165, 1.54) is 0 Å². The van der Waals surface area contributed by atoms with Gasteiger partial charge in [0.05, 0.1) is 29.3 Å². The molecule has 0 bridgehead atoms. The molecule has 162 valence electrons. The number of anilines is 2. The van der Waals surface area contributed by atoms with Crippen molar-refractivity contribution in [3.8, 4) is 22.6 Å². The molecular formula is C22H24N10. The normalized spacial score (nSPS) is 11.5. The molecule has 0 aliphatic heterocycles. The summed E-state index contributed by atoms with van der Waals surface area (Å²) < 4.78 is 5.63. The Morgan fingerprint density at radius 3 is 2.72 bits per heavy atom. The number of rotatable bonds is 6. The van der Waals surface area contributed by atoms with Crippen molar-refractivity contribution in [2.45, 2.75) is 20.3 Å². The number of aromatic nitrogens is 9. The Hall–Kier alpha value is -4.08. The van der Waals surface area contributed by atoms with Gasteiger partial charge >= 0.3 is 0 Å². The molecule has 5 aromatic heterocycles. The maximum atomic E-state index is 4.64. The molecule has 0 saturated heterocycles. The molecule has 0 amide bonds. The Morgan fingerprint density at radius 1 is 1.06 bits per heavy atom. The third-order valence-corrected chi connectivity index (χ3v) is 5.23. The average molecular weight is 429 g/mol. The second-order valence-corrected chi connectivity index (χ2v) is 8.19. The standard InChI is InChI=1S/C22H24N10/c1-14(2)9-19-17(12-25-31(19)4)21-29-28-20-10-15(6-8-32(20)21)18-5-7-23-22(27-18)26-16-11-24-30(3)13-16/h5-8,10-14H,9H2,1-4H3,(H,23,26,27). The van der Waals surface area contributed by atoms with Gasteiger partial charge in [-0.1, -0.05) is 13.8 Å². The molecule has 0 aromatic carbocycles. The lowest BCUT2D eigenvalue weighted by molar-refractivity contribution is 0.596. The first-order valence-electron chi connectivity index (χ1n) is 10.4. The zero-order valence-electron chi connectivity index (χ0n) is 18.4. The summed E-state index contributed by atoms with van der Waals surface area (Å²) >= 11 is 0. The lowest BCUT2D eigenvalue weighted by atomic mass is 10.0. The summed E-state index contributed by atoms with van der Waals surface area (Å²) in [7, 11) is 3.83. The van der Waals surface area contributed by atoms with E-state index in [9.17, 15) is 0 Å². The summed E-state index contributed by atoms with van der Waals surface area (Å²) in [4.78, 5) is 8.95. The second-order valence-electron chi connectivity index (χ2n) is 8.19. The van der Waals surface area contributed by atoms with E-state index < -0.39 is 0 Å². The molecule has 10 heteroatoms. The molecule has 1 N–H and O–H groups in total. The summed E-state index contributed by atoms with van der Waals surface area (Å²) in [5.74, 6) is 1.81. The lowest BCUT2D eigenvalue weighted by Crippen LogP contribution is -2.04. The number of nitrogens with one attached hydrogen (secondary N) is 1. The molecule has 0 saturated carbocycles. The fraction of sp³-hybridized carbons (Fsp3) is 0.273. The fourth-order valence-corrected chi connectivity index (χ4v) is 3.71. The molecule has 0 unspecified atom stereocenters. The van der Waals surface area contributed by atoms with Gasteiger partial charge in [-0.05, 0) is 30.5 Å². The molecule has 0 aliphatic rings. The molecular weight excluding hydrogens is 404 g/mol. The zero-order chi connectivity index (χ0) is 22.2. The first kappa shape index (κ1) is 19.9. The van der Waals surface area contributed by atoms with Gasteiger partial charge in [0.25, 0.3) is 0 Å². The van der Waals surface area contributed by atoms with Crippen LogP contribution >= 0.6 is 0 Å². The van der Waals surface area contributed by atoms with Crippen molar-refractivity contribution < 1.29 is 0 Å². The summed E-state index contributed by atoms with van der Waals surface area (Å²) in [5, 5.41) is 20.6. The van der Waals surface area contributed by atoms with Gasteiger partial charge in [-0.15, -0.1) is 10.2 Å². The van der Waals surface area contributed by atoms with Gasteiger partial charge < -0.3 is 5.32 Å². The highest BCUT2D eigenvalue weighted by Crippen LogP contribution is 2.26. The average Bonchev–Trinajstić information content (AvgIpc) is 3.47. The Kier molecular flexibility index (Phi) is 4.89. The van der Waals surface area contributed by atoms with Crippen molar-refractivity contribution in [1.82, 2.24) is 44.1 Å². The van der Waals surface area contributed by atoms with Crippen LogP contribution < -0.4 is 5.32 Å². The van der Waals surface area contributed by atoms with Gasteiger partial charge in [0.1, 0.15) is 0 Å². The number of aryl methyl sites for hydroxylation is 2. The highest BCUT2D eigenvalue weighted by Gasteiger charge is 2.17. The van der Waals surface area contributed by atoms with Crippen molar-refractivity contribution in [1.29, 1.82) is 0 Å². The van der Waals surface area contributed by atoms with E-state index >= 15 is 0 Å². The molecule has 10 nitrogen and oxygen atoms in total. The molecule has 0 radical (unpaired) electrons. The molecule has 32 heavy (non-hydrogen) atoms. The van der Waals surface area contributed by atoms with Gasteiger partial charge in [-0.25, -0.2) is 9.97 Å². The first-order chi connectivity index (χ1) is 15.5. The number of pyridine rings is 1. The Morgan fingerprint density at radius 2 is 1.94 bits per heavy atom. The molecule has 0 fully saturated rings. The number of hydrogen-bond donors (Lipinski definition) is 1. The second kappa shape index (κ2) is 7.88. The summed E-state index contributed by atoms with van der Waals surface area (Å²) in [6, 6.07) is 5.86. The van der Waals surface area contributed by atoms with E-state index in [1.807, 2.05) is 60.0 Å². The summed E-state index contributed by atoms with van der Waals surface area (Å²) in [6.07, 6.45) is 10.1. The topological polar surface area (TPSA) is 104 Å². The van der Waals surface area contributed by atoms with Crippen LogP contribution in [0.3, 0.4) is 0 Å². The van der Waals surface area contributed by atoms with Crippen LogP contribution in [0.15, 0.2) is 49.2 Å². The van der Waals surface area contributed by atoms with Crippen LogP contribution in [-0.4, -0.2) is 44.1 Å². The van der Waals surface area contributed by atoms with Crippen LogP contribution in [0.4, 0.5) is 11.6 Å². The number of nitrogens with zero attached hydrogens (tertiary/aromatic N) is 9. The predicted octanol–water partition coefficient (Wildman–Crippen LogP) is 3.26.